The monoisotopic (exact) mass is 299 g/mol. The van der Waals surface area contributed by atoms with Gasteiger partial charge in [0, 0.05) is 12.1 Å². The van der Waals surface area contributed by atoms with E-state index >= 15 is 0 Å². The van der Waals surface area contributed by atoms with Crippen LogP contribution in [0, 0.1) is 23.3 Å². The number of hydrogen-bond donors (Lipinski definition) is 1. The Balaban J connectivity index is 2.61. The summed E-state index contributed by atoms with van der Waals surface area (Å²) >= 11 is 0. The Morgan fingerprint density at radius 1 is 1.05 bits per heavy atom. The van der Waals surface area contributed by atoms with Gasteiger partial charge < -0.3 is 10.5 Å². The van der Waals surface area contributed by atoms with E-state index in [0.717, 1.165) is 12.1 Å². The summed E-state index contributed by atoms with van der Waals surface area (Å²) in [5, 5.41) is 0. The predicted octanol–water partition coefficient (Wildman–Crippen LogP) is 3.06. The highest BCUT2D eigenvalue weighted by Crippen LogP contribution is 2.26. The molecule has 2 aromatic carbocycles. The first kappa shape index (κ1) is 14.8. The van der Waals surface area contributed by atoms with Crippen LogP contribution in [-0.2, 0) is 0 Å². The molecule has 0 radical (unpaired) electrons. The molecule has 0 aromatic heterocycles. The number of benzene rings is 2. The van der Waals surface area contributed by atoms with Crippen molar-refractivity contribution in [1.82, 2.24) is 0 Å². The van der Waals surface area contributed by atoms with Crippen LogP contribution in [0.5, 0.6) is 5.75 Å². The zero-order chi connectivity index (χ0) is 15.7. The Bertz CT molecular complexity index is 708. The molecule has 0 aliphatic rings. The Morgan fingerprint density at radius 3 is 2.14 bits per heavy atom. The minimum atomic E-state index is -1.35. The summed E-state index contributed by atoms with van der Waals surface area (Å²) in [6.07, 6.45) is 0. The number of nitrogens with two attached hydrogens (primary N) is 1. The lowest BCUT2D eigenvalue weighted by Crippen LogP contribution is -2.12. The third-order valence-electron chi connectivity index (χ3n) is 2.79. The summed E-state index contributed by atoms with van der Waals surface area (Å²) < 4.78 is 59.1. The largest absolute Gasteiger partial charge is 0.497 e. The van der Waals surface area contributed by atoms with Crippen LogP contribution in [0.15, 0.2) is 24.3 Å². The molecule has 0 saturated carbocycles. The lowest BCUT2D eigenvalue weighted by atomic mass is 10.0. The molecule has 110 valence electrons. The molecule has 0 aliphatic carbocycles. The first-order chi connectivity index (χ1) is 9.85. The first-order valence-corrected chi connectivity index (χ1v) is 5.67. The summed E-state index contributed by atoms with van der Waals surface area (Å²) in [6, 6.07) is 2.71. The molecular weight excluding hydrogens is 290 g/mol. The van der Waals surface area contributed by atoms with Crippen LogP contribution in [-0.4, -0.2) is 12.9 Å². The fourth-order valence-corrected chi connectivity index (χ4v) is 1.79. The second-order valence-electron chi connectivity index (χ2n) is 4.15. The zero-order valence-corrected chi connectivity index (χ0v) is 10.7. The second kappa shape index (κ2) is 5.43. The number of nitrogen functional groups attached to an aromatic ring is 1. The van der Waals surface area contributed by atoms with Gasteiger partial charge >= 0.3 is 0 Å². The molecule has 2 aromatic rings. The molecule has 2 N–H and O–H groups in total. The highest BCUT2D eigenvalue weighted by atomic mass is 19.1. The van der Waals surface area contributed by atoms with Crippen LogP contribution in [0.25, 0.3) is 0 Å². The lowest BCUT2D eigenvalue weighted by molar-refractivity contribution is 0.102. The fraction of sp³-hybridized carbons (Fsp3) is 0.0714. The molecule has 0 atom stereocenters. The van der Waals surface area contributed by atoms with Gasteiger partial charge in [-0.25, -0.2) is 17.6 Å². The van der Waals surface area contributed by atoms with Crippen LogP contribution in [0.3, 0.4) is 0 Å². The Kier molecular flexibility index (Phi) is 3.84. The highest BCUT2D eigenvalue weighted by Gasteiger charge is 2.24. The summed E-state index contributed by atoms with van der Waals surface area (Å²) in [5.41, 5.74) is 2.69. The SMILES string of the molecule is COc1cc(F)c(C(=O)c2cc(F)cc(N)c2F)c(F)c1. The molecule has 0 heterocycles. The topological polar surface area (TPSA) is 52.3 Å². The van der Waals surface area contributed by atoms with Crippen molar-refractivity contribution in [1.29, 1.82) is 0 Å². The van der Waals surface area contributed by atoms with E-state index in [1.54, 1.807) is 0 Å². The van der Waals surface area contributed by atoms with Gasteiger partial charge in [-0.15, -0.1) is 0 Å². The molecule has 0 fully saturated rings. The van der Waals surface area contributed by atoms with Crippen molar-refractivity contribution in [2.75, 3.05) is 12.8 Å². The minimum Gasteiger partial charge on any atom is -0.497 e. The van der Waals surface area contributed by atoms with Crippen molar-refractivity contribution in [3.63, 3.8) is 0 Å². The minimum absolute atomic E-state index is 0.152. The van der Waals surface area contributed by atoms with Crippen LogP contribution in [0.4, 0.5) is 23.2 Å². The van der Waals surface area contributed by atoms with Gasteiger partial charge in [0.05, 0.1) is 23.9 Å². The van der Waals surface area contributed by atoms with E-state index in [1.807, 2.05) is 0 Å². The Morgan fingerprint density at radius 2 is 1.62 bits per heavy atom. The summed E-state index contributed by atoms with van der Waals surface area (Å²) in [7, 11) is 1.18. The van der Waals surface area contributed by atoms with Gasteiger partial charge in [0.1, 0.15) is 23.2 Å². The van der Waals surface area contributed by atoms with Crippen LogP contribution in [0.1, 0.15) is 15.9 Å². The van der Waals surface area contributed by atoms with Crippen molar-refractivity contribution in [2.24, 2.45) is 0 Å². The maximum absolute atomic E-state index is 13.8. The number of methoxy groups -OCH3 is 1. The summed E-state index contributed by atoms with van der Waals surface area (Å²) in [4.78, 5) is 12.0. The van der Waals surface area contributed by atoms with Crippen molar-refractivity contribution in [2.45, 2.75) is 0 Å². The predicted molar refractivity (Wildman–Crippen MR) is 67.1 cm³/mol. The molecule has 0 spiro atoms. The quantitative estimate of drug-likeness (QED) is 0.538. The number of ether oxygens (including phenoxy) is 1. The Hall–Kier alpha value is -2.57. The normalized spacial score (nSPS) is 10.5. The number of anilines is 1. The van der Waals surface area contributed by atoms with Crippen molar-refractivity contribution in [3.05, 3.63) is 58.7 Å². The van der Waals surface area contributed by atoms with Gasteiger partial charge in [0.15, 0.2) is 5.82 Å². The van der Waals surface area contributed by atoms with Crippen LogP contribution in [0.2, 0.25) is 0 Å². The number of hydrogen-bond acceptors (Lipinski definition) is 3. The fourth-order valence-electron chi connectivity index (χ4n) is 1.79. The zero-order valence-electron chi connectivity index (χ0n) is 10.7. The third kappa shape index (κ3) is 2.67. The molecule has 0 bridgehead atoms. The second-order valence-corrected chi connectivity index (χ2v) is 4.15. The van der Waals surface area contributed by atoms with Gasteiger partial charge in [0.2, 0.25) is 5.78 Å². The standard InChI is InChI=1S/C14H9F4NO2/c1-21-7-4-9(16)12(10(17)5-7)14(20)8-2-6(15)3-11(19)13(8)18/h2-5H,19H2,1H3. The van der Waals surface area contributed by atoms with Crippen LogP contribution >= 0.6 is 0 Å². The van der Waals surface area contributed by atoms with Gasteiger partial charge in [0.25, 0.3) is 0 Å². The van der Waals surface area contributed by atoms with E-state index in [0.29, 0.717) is 12.1 Å². The molecule has 0 aliphatic heterocycles. The molecule has 2 rings (SSSR count). The first-order valence-electron chi connectivity index (χ1n) is 5.67. The number of carbonyl (C=O) groups excluding carboxylic acids is 1. The Labute approximate surface area is 116 Å². The number of ketones is 1. The van der Waals surface area contributed by atoms with Gasteiger partial charge in [-0.3, -0.25) is 4.79 Å². The average molecular weight is 299 g/mol. The number of carbonyl (C=O) groups is 1. The molecule has 0 amide bonds. The summed E-state index contributed by atoms with van der Waals surface area (Å²) in [5.74, 6) is -6.24. The van der Waals surface area contributed by atoms with E-state index in [2.05, 4.69) is 4.74 Å². The summed E-state index contributed by atoms with van der Waals surface area (Å²) in [6.45, 7) is 0. The van der Waals surface area contributed by atoms with E-state index in [9.17, 15) is 22.4 Å². The number of rotatable bonds is 3. The smallest absolute Gasteiger partial charge is 0.202 e. The van der Waals surface area contributed by atoms with E-state index in [-0.39, 0.29) is 5.75 Å². The average Bonchev–Trinajstić information content (AvgIpc) is 2.41. The van der Waals surface area contributed by atoms with E-state index in [4.69, 9.17) is 5.73 Å². The maximum Gasteiger partial charge on any atom is 0.202 e. The molecular formula is C14H9F4NO2. The molecule has 3 nitrogen and oxygen atoms in total. The van der Waals surface area contributed by atoms with Gasteiger partial charge in [-0.05, 0) is 12.1 Å². The van der Waals surface area contributed by atoms with Crippen molar-refractivity contribution >= 4 is 11.5 Å². The highest BCUT2D eigenvalue weighted by molar-refractivity contribution is 6.10. The maximum atomic E-state index is 13.8. The molecule has 0 saturated heterocycles. The lowest BCUT2D eigenvalue weighted by Gasteiger charge is -2.09. The van der Waals surface area contributed by atoms with Crippen LogP contribution < -0.4 is 10.5 Å². The third-order valence-corrected chi connectivity index (χ3v) is 2.79. The van der Waals surface area contributed by atoms with Gasteiger partial charge in [-0.1, -0.05) is 0 Å². The van der Waals surface area contributed by atoms with Gasteiger partial charge in [-0.2, -0.15) is 0 Å². The molecule has 0 unspecified atom stereocenters. The molecule has 21 heavy (non-hydrogen) atoms. The van der Waals surface area contributed by atoms with E-state index in [1.165, 1.54) is 7.11 Å². The van der Waals surface area contributed by atoms with Crippen molar-refractivity contribution < 1.29 is 27.1 Å². The molecule has 7 heteroatoms. The van der Waals surface area contributed by atoms with Crippen molar-refractivity contribution in [3.8, 4) is 5.75 Å². The van der Waals surface area contributed by atoms with E-state index < -0.39 is 45.9 Å². The number of halogens is 4.